The molecule has 0 bridgehead atoms. The van der Waals surface area contributed by atoms with Crippen LogP contribution in [0.25, 0.3) is 0 Å². The normalized spacial score (nSPS) is 19.0. The molecule has 0 heterocycles. The highest BCUT2D eigenvalue weighted by Crippen LogP contribution is 2.28. The molecular weight excluding hydrogens is 404 g/mol. The van der Waals surface area contributed by atoms with E-state index in [0.717, 1.165) is 50.5 Å². The van der Waals surface area contributed by atoms with Gasteiger partial charge in [-0.15, -0.1) is 0 Å². The molecule has 0 spiro atoms. The minimum atomic E-state index is -2.90. The third-order valence-electron chi connectivity index (χ3n) is 6.11. The van der Waals surface area contributed by atoms with E-state index >= 15 is 0 Å². The Balaban J connectivity index is 2.07. The molecule has 1 aliphatic rings. The average molecular weight is 454 g/mol. The minimum absolute atomic E-state index is 0.0847. The number of carbonyl (C=O) groups is 2. The Morgan fingerprint density at radius 3 is 2.24 bits per heavy atom. The number of Topliss-reactive ketones (excluding diaryl/α,β-unsaturated/α-hetero) is 2. The van der Waals surface area contributed by atoms with Crippen molar-refractivity contribution in [2.45, 2.75) is 92.8 Å². The summed E-state index contributed by atoms with van der Waals surface area (Å²) in [4.78, 5) is 26.6. The van der Waals surface area contributed by atoms with Gasteiger partial charge >= 0.3 is 0 Å². The van der Waals surface area contributed by atoms with Gasteiger partial charge in [0.05, 0.1) is 5.48 Å². The second kappa shape index (κ2) is 13.3. The number of ketones is 2. The number of fused-ring (bicyclic) bond motifs is 1. The highest BCUT2D eigenvalue weighted by Gasteiger charge is 2.28. The lowest BCUT2D eigenvalue weighted by Crippen LogP contribution is -2.20. The van der Waals surface area contributed by atoms with Crippen molar-refractivity contribution in [3.63, 3.8) is 0 Å². The van der Waals surface area contributed by atoms with E-state index in [1.165, 1.54) is 11.1 Å². The maximum atomic E-state index is 13.4. The zero-order valence-electron chi connectivity index (χ0n) is 27.8. The fourth-order valence-electron chi connectivity index (χ4n) is 3.93. The topological polar surface area (TPSA) is 34.1 Å². The lowest BCUT2D eigenvalue weighted by atomic mass is 9.83. The molecule has 0 aromatic heterocycles. The van der Waals surface area contributed by atoms with E-state index in [9.17, 15) is 9.59 Å². The first kappa shape index (κ1) is 17.9. The summed E-state index contributed by atoms with van der Waals surface area (Å²) in [6.07, 6.45) is 13.4. The van der Waals surface area contributed by atoms with Crippen LogP contribution in [0.5, 0.6) is 0 Å². The molecule has 0 saturated heterocycles. The molecule has 33 heavy (non-hydrogen) atoms. The van der Waals surface area contributed by atoms with Crippen LogP contribution in [0.15, 0.2) is 70.3 Å². The number of hydrogen-bond acceptors (Lipinski definition) is 2. The number of hydrogen-bond donors (Lipinski definition) is 0. The molecule has 0 fully saturated rings. The number of carbonyl (C=O) groups excluding carboxylic acids is 2. The van der Waals surface area contributed by atoms with E-state index in [1.54, 1.807) is 6.08 Å². The molecule has 2 rings (SSSR count). The first-order valence-corrected chi connectivity index (χ1v) is 12.0. The molecule has 1 aliphatic carbocycles. The van der Waals surface area contributed by atoms with Crippen LogP contribution in [0.2, 0.25) is 0 Å². The van der Waals surface area contributed by atoms with E-state index in [2.05, 4.69) is 39.8 Å². The summed E-state index contributed by atoms with van der Waals surface area (Å²) in [6.45, 7) is 7.67. The largest absolute Gasteiger partial charge is 0.289 e. The summed E-state index contributed by atoms with van der Waals surface area (Å²) >= 11 is 0. The summed E-state index contributed by atoms with van der Waals surface area (Å²) in [7, 11) is 0. The fourth-order valence-corrected chi connectivity index (χ4v) is 3.93. The zero-order valence-corrected chi connectivity index (χ0v) is 20.8. The van der Waals surface area contributed by atoms with Crippen molar-refractivity contribution in [3.8, 4) is 0 Å². The molecule has 2 nitrogen and oxygen atoms in total. The van der Waals surface area contributed by atoms with Crippen LogP contribution < -0.4 is 0 Å². The Labute approximate surface area is 211 Å². The second-order valence-electron chi connectivity index (χ2n) is 9.46. The van der Waals surface area contributed by atoms with Gasteiger partial charge in [0.1, 0.15) is 0 Å². The molecule has 1 unspecified atom stereocenters. The third-order valence-corrected chi connectivity index (χ3v) is 6.11. The molecule has 1 aromatic rings. The quantitative estimate of drug-likeness (QED) is 0.296. The van der Waals surface area contributed by atoms with E-state index in [1.807, 2.05) is 6.92 Å². The third kappa shape index (κ3) is 8.42. The summed E-state index contributed by atoms with van der Waals surface area (Å²) < 4.78 is 55.7. The Kier molecular flexibility index (Phi) is 7.21. The fraction of sp³-hybridized carbons (Fsp3) is 0.484. The zero-order chi connectivity index (χ0) is 30.4. The second-order valence-corrected chi connectivity index (χ2v) is 9.46. The minimum Gasteiger partial charge on any atom is -0.289 e. The number of allylic oxidation sites excluding steroid dienone is 8. The SMILES string of the molecule is [2H]c1c([2H])c([2H])c2c(c1[2H])C(=O)C(C/C=C(\C)CCCC(C)CC/C=C(\C)CCC=C(C)C)=C(C([2H])([2H])[2H])C2=O. The van der Waals surface area contributed by atoms with E-state index < -0.39 is 59.3 Å². The van der Waals surface area contributed by atoms with Crippen molar-refractivity contribution >= 4 is 11.6 Å². The monoisotopic (exact) mass is 453 g/mol. The molecule has 0 radical (unpaired) electrons. The maximum Gasteiger partial charge on any atom is 0.190 e. The van der Waals surface area contributed by atoms with Crippen LogP contribution in [0.4, 0.5) is 0 Å². The standard InChI is InChI=1S/C31H42O2/c1-22(2)12-9-13-23(3)14-10-15-24(4)16-11-17-25(5)20-21-27-26(6)30(32)28-18-7-8-19-29(28)31(27)33/h7-8,12,14,18-20,24H,9-11,13,15-17,21H2,1-6H3/b23-14+,25-20+/i6D3,7D,8D,18D,19D. The van der Waals surface area contributed by atoms with Crippen molar-refractivity contribution in [2.75, 3.05) is 0 Å². The Bertz CT molecular complexity index is 1260. The highest BCUT2D eigenvalue weighted by atomic mass is 16.1. The predicted molar refractivity (Wildman–Crippen MR) is 141 cm³/mol. The predicted octanol–water partition coefficient (Wildman–Crippen LogP) is 9.00. The first-order valence-electron chi connectivity index (χ1n) is 15.5. The van der Waals surface area contributed by atoms with E-state index in [-0.39, 0.29) is 12.0 Å². The van der Waals surface area contributed by atoms with Gasteiger partial charge in [-0.2, -0.15) is 0 Å². The summed E-state index contributed by atoms with van der Waals surface area (Å²) in [5.74, 6) is -1.30. The van der Waals surface area contributed by atoms with Crippen molar-refractivity contribution in [3.05, 3.63) is 81.4 Å². The molecule has 178 valence electrons. The van der Waals surface area contributed by atoms with Gasteiger partial charge in [0.15, 0.2) is 11.6 Å². The Morgan fingerprint density at radius 1 is 0.909 bits per heavy atom. The number of benzene rings is 1. The molecular formula is C31H42O2. The van der Waals surface area contributed by atoms with Gasteiger partial charge in [0.25, 0.3) is 0 Å². The van der Waals surface area contributed by atoms with Crippen LogP contribution in [0.3, 0.4) is 0 Å². The smallest absolute Gasteiger partial charge is 0.190 e. The molecule has 0 aliphatic heterocycles. The van der Waals surface area contributed by atoms with Gasteiger partial charge in [-0.3, -0.25) is 9.59 Å². The lowest BCUT2D eigenvalue weighted by Gasteiger charge is -2.18. The van der Waals surface area contributed by atoms with Gasteiger partial charge in [-0.25, -0.2) is 0 Å². The molecule has 1 atom stereocenters. The van der Waals surface area contributed by atoms with Gasteiger partial charge in [-0.05, 0) is 85.4 Å². The van der Waals surface area contributed by atoms with Crippen LogP contribution in [0, 0.1) is 5.92 Å². The van der Waals surface area contributed by atoms with Crippen molar-refractivity contribution in [1.82, 2.24) is 0 Å². The molecule has 0 N–H and O–H groups in total. The first-order chi connectivity index (χ1) is 18.6. The average Bonchev–Trinajstić information content (AvgIpc) is 2.85. The highest BCUT2D eigenvalue weighted by molar-refractivity contribution is 6.26. The number of rotatable bonds is 12. The van der Waals surface area contributed by atoms with Crippen LogP contribution in [-0.2, 0) is 0 Å². The van der Waals surface area contributed by atoms with Crippen molar-refractivity contribution < 1.29 is 19.2 Å². The molecule has 1 aromatic carbocycles. The summed E-state index contributed by atoms with van der Waals surface area (Å²) in [5, 5.41) is 0. The van der Waals surface area contributed by atoms with Crippen LogP contribution >= 0.6 is 0 Å². The molecule has 0 saturated carbocycles. The summed E-state index contributed by atoms with van der Waals surface area (Å²) in [6, 6.07) is -2.61. The maximum absolute atomic E-state index is 13.4. The van der Waals surface area contributed by atoms with Gasteiger partial charge in [0, 0.05) is 26.4 Å². The van der Waals surface area contributed by atoms with Crippen LogP contribution in [-0.4, -0.2) is 11.6 Å². The Hall–Kier alpha value is -2.48. The van der Waals surface area contributed by atoms with Gasteiger partial charge < -0.3 is 0 Å². The molecule has 0 amide bonds. The van der Waals surface area contributed by atoms with Crippen molar-refractivity contribution in [1.29, 1.82) is 0 Å². The molecule has 2 heteroatoms. The lowest BCUT2D eigenvalue weighted by molar-refractivity contribution is 0.0973. The van der Waals surface area contributed by atoms with Crippen LogP contribution in [0.1, 0.15) is 123 Å². The van der Waals surface area contributed by atoms with Crippen molar-refractivity contribution in [2.24, 2.45) is 5.92 Å². The summed E-state index contributed by atoms with van der Waals surface area (Å²) in [5.41, 5.74) is 1.86. The van der Waals surface area contributed by atoms with Gasteiger partial charge in [-0.1, -0.05) is 72.5 Å². The van der Waals surface area contributed by atoms with E-state index in [4.69, 9.17) is 9.60 Å². The van der Waals surface area contributed by atoms with Gasteiger partial charge in [0.2, 0.25) is 0 Å². The van der Waals surface area contributed by atoms with E-state index in [0.29, 0.717) is 5.92 Å². The Morgan fingerprint density at radius 2 is 1.58 bits per heavy atom.